The Kier molecular flexibility index (Phi) is 11.6. The van der Waals surface area contributed by atoms with E-state index in [0.717, 1.165) is 17.7 Å². The molecule has 3 N–H and O–H groups in total. The largest absolute Gasteiger partial charge is 0.468 e. The molecule has 1 aliphatic heterocycles. The average Bonchev–Trinajstić information content (AvgIpc) is 3.73. The monoisotopic (exact) mass is 778 g/mol. The van der Waals surface area contributed by atoms with Crippen LogP contribution in [0.15, 0.2) is 74.2 Å². The predicted molar refractivity (Wildman–Crippen MR) is 188 cm³/mol. The molecule has 0 fully saturated rings. The molecule has 1 aromatic heterocycles. The molecule has 2 heterocycles. The number of sulfonamides is 1. The normalized spacial score (nSPS) is 13.6. The maximum Gasteiger partial charge on any atom is 0.318 e. The second-order valence-electron chi connectivity index (χ2n) is 10.5. The number of aromatic nitrogens is 2. The second-order valence-corrected chi connectivity index (χ2v) is 16.3. The second kappa shape index (κ2) is 15.7. The molecule has 20 heteroatoms. The molecular weight excluding hydrogens is 752 g/mol. The summed E-state index contributed by atoms with van der Waals surface area (Å²) in [5, 5.41) is 27.5. The van der Waals surface area contributed by atoms with Gasteiger partial charge in [-0.25, -0.2) is 13.6 Å². The number of thioether (sulfide) groups is 2. The number of carbonyl (C=O) groups is 3. The maximum atomic E-state index is 14.0. The summed E-state index contributed by atoms with van der Waals surface area (Å²) in [5.41, 5.74) is 1.23. The Morgan fingerprint density at radius 2 is 1.88 bits per heavy atom. The smallest absolute Gasteiger partial charge is 0.318 e. The summed E-state index contributed by atoms with van der Waals surface area (Å²) in [4.78, 5) is 51.9. The summed E-state index contributed by atoms with van der Waals surface area (Å²) in [6, 6.07) is 14.5. The number of para-hydroxylation sites is 1. The van der Waals surface area contributed by atoms with E-state index in [0.29, 0.717) is 26.4 Å². The molecule has 262 valence electrons. The number of fused-ring (bicyclic) bond motifs is 1. The van der Waals surface area contributed by atoms with Crippen molar-refractivity contribution in [1.82, 2.24) is 10.2 Å². The van der Waals surface area contributed by atoms with Gasteiger partial charge < -0.3 is 19.7 Å². The minimum Gasteiger partial charge on any atom is -0.468 e. The Bertz CT molecular complexity index is 2080. The van der Waals surface area contributed by atoms with Gasteiger partial charge in [0.1, 0.15) is 5.25 Å². The van der Waals surface area contributed by atoms with E-state index in [2.05, 4.69) is 15.5 Å². The lowest BCUT2D eigenvalue weighted by Gasteiger charge is -2.24. The summed E-state index contributed by atoms with van der Waals surface area (Å²) in [7, 11) is -2.88. The minimum atomic E-state index is -4.18. The van der Waals surface area contributed by atoms with Crippen molar-refractivity contribution in [2.24, 2.45) is 5.14 Å². The van der Waals surface area contributed by atoms with Crippen LogP contribution < -0.4 is 20.1 Å². The quantitative estimate of drug-likeness (QED) is 0.0622. The topological polar surface area (TPSA) is 214 Å². The van der Waals surface area contributed by atoms with Gasteiger partial charge >= 0.3 is 11.7 Å². The lowest BCUT2D eigenvalue weighted by atomic mass is 10.1. The molecule has 15 nitrogen and oxygen atoms in total. The Morgan fingerprint density at radius 3 is 2.60 bits per heavy atom. The summed E-state index contributed by atoms with van der Waals surface area (Å²) in [5.74, 6) is -2.39. The van der Waals surface area contributed by atoms with E-state index in [1.165, 1.54) is 65.1 Å². The Morgan fingerprint density at radius 1 is 1.14 bits per heavy atom. The predicted octanol–water partition coefficient (Wildman–Crippen LogP) is 4.67. The van der Waals surface area contributed by atoms with Crippen LogP contribution in [-0.2, 0) is 41.3 Å². The number of hydrogen-bond acceptors (Lipinski definition) is 14. The van der Waals surface area contributed by atoms with Crippen LogP contribution in [0.4, 0.5) is 17.1 Å². The average molecular weight is 779 g/mol. The number of ether oxygens (including phenoxy) is 2. The number of amides is 2. The molecule has 2 atom stereocenters. The van der Waals surface area contributed by atoms with Crippen molar-refractivity contribution in [3.05, 3.63) is 86.9 Å². The van der Waals surface area contributed by atoms with Crippen molar-refractivity contribution in [1.29, 1.82) is 0 Å². The van der Waals surface area contributed by atoms with Gasteiger partial charge in [0.05, 0.1) is 27.6 Å². The maximum absolute atomic E-state index is 14.0. The van der Waals surface area contributed by atoms with Crippen LogP contribution in [0.25, 0.3) is 0 Å². The van der Waals surface area contributed by atoms with E-state index in [-0.39, 0.29) is 33.7 Å². The van der Waals surface area contributed by atoms with Gasteiger partial charge in [-0.05, 0) is 54.8 Å². The zero-order chi connectivity index (χ0) is 36.2. The molecule has 0 radical (unpaired) electrons. The molecule has 1 aliphatic rings. The van der Waals surface area contributed by atoms with Crippen LogP contribution in [0.3, 0.4) is 0 Å². The highest BCUT2D eigenvalue weighted by molar-refractivity contribution is 8.03. The van der Waals surface area contributed by atoms with Crippen molar-refractivity contribution in [3.8, 4) is 5.75 Å². The Balaban J connectivity index is 1.40. The van der Waals surface area contributed by atoms with E-state index < -0.39 is 49.8 Å². The van der Waals surface area contributed by atoms with Gasteiger partial charge in [-0.15, -0.1) is 10.2 Å². The van der Waals surface area contributed by atoms with Crippen molar-refractivity contribution < 1.29 is 37.2 Å². The SMILES string of the molecule is COC(=O)C(C)Sc1nnc(SCc2ccc(OC(C(=O)Nc3cc(S(N)(=O)=O)ccc3Cl)C(=O)N3CCc4ccccc43)c([N+](=O)[O-])c2)s1. The molecule has 3 aromatic carbocycles. The van der Waals surface area contributed by atoms with Gasteiger partial charge in [0.15, 0.2) is 14.4 Å². The number of nitrogens with two attached hydrogens (primary N) is 1. The molecule has 2 amide bonds. The molecule has 2 unspecified atom stereocenters. The van der Waals surface area contributed by atoms with Crippen molar-refractivity contribution >= 4 is 91.3 Å². The Labute approximate surface area is 303 Å². The number of rotatable bonds is 13. The number of nitrogens with zero attached hydrogens (tertiary/aromatic N) is 4. The van der Waals surface area contributed by atoms with Crippen molar-refractivity contribution in [2.45, 2.75) is 44.0 Å². The molecule has 0 saturated carbocycles. The van der Waals surface area contributed by atoms with Crippen LogP contribution in [-0.4, -0.2) is 66.3 Å². The van der Waals surface area contributed by atoms with Crippen molar-refractivity contribution in [3.63, 3.8) is 0 Å². The lowest BCUT2D eigenvalue weighted by molar-refractivity contribution is -0.386. The molecule has 0 bridgehead atoms. The van der Waals surface area contributed by atoms with Gasteiger partial charge in [-0.1, -0.05) is 70.7 Å². The molecule has 50 heavy (non-hydrogen) atoms. The van der Waals surface area contributed by atoms with Gasteiger partial charge in [0, 0.05) is 24.1 Å². The number of esters is 1. The van der Waals surface area contributed by atoms with Crippen LogP contribution in [0.2, 0.25) is 5.02 Å². The summed E-state index contributed by atoms with van der Waals surface area (Å²) in [6.07, 6.45) is -1.46. The van der Waals surface area contributed by atoms with Gasteiger partial charge in [-0.3, -0.25) is 24.5 Å². The van der Waals surface area contributed by atoms with Crippen LogP contribution in [0.5, 0.6) is 5.75 Å². The van der Waals surface area contributed by atoms with Gasteiger partial charge in [0.2, 0.25) is 10.0 Å². The number of halogens is 1. The molecule has 0 aliphatic carbocycles. The third-order valence-electron chi connectivity index (χ3n) is 7.17. The standard InChI is InChI=1S/C30H27ClN6O9S4/c1-16(28(40)45-2)48-30-35-34-29(49-30)47-15-17-7-10-24(23(13-17)37(41)42)46-25(27(39)36-12-11-18-5-3-4-6-22(18)36)26(38)33-21-14-19(50(32,43)44)8-9-20(21)31/h3-10,13-14,16,25H,11-12,15H2,1-2H3,(H,33,38)(H2,32,43,44). The first-order valence-corrected chi connectivity index (χ1v) is 19.0. The highest BCUT2D eigenvalue weighted by Gasteiger charge is 2.38. The number of nitrogens with one attached hydrogen (secondary N) is 1. The number of carbonyl (C=O) groups excluding carboxylic acids is 3. The van der Waals surface area contributed by atoms with Gasteiger partial charge in [0.25, 0.3) is 17.9 Å². The fourth-order valence-corrected chi connectivity index (χ4v) is 8.57. The summed E-state index contributed by atoms with van der Waals surface area (Å²) < 4.78 is 35.6. The van der Waals surface area contributed by atoms with Crippen LogP contribution in [0.1, 0.15) is 18.1 Å². The summed E-state index contributed by atoms with van der Waals surface area (Å²) in [6.45, 7) is 1.90. The Hall–Kier alpha value is -4.27. The number of nitro groups is 1. The zero-order valence-electron chi connectivity index (χ0n) is 26.1. The third kappa shape index (κ3) is 8.71. The first-order chi connectivity index (χ1) is 23.7. The lowest BCUT2D eigenvalue weighted by Crippen LogP contribution is -2.48. The zero-order valence-corrected chi connectivity index (χ0v) is 30.1. The van der Waals surface area contributed by atoms with E-state index in [4.69, 9.17) is 26.2 Å². The minimum absolute atomic E-state index is 0.0598. The molecular formula is C30H27ClN6O9S4. The first kappa shape index (κ1) is 37.0. The highest BCUT2D eigenvalue weighted by atomic mass is 35.5. The first-order valence-electron chi connectivity index (χ1n) is 14.4. The van der Waals surface area contributed by atoms with Crippen LogP contribution >= 0.6 is 46.5 Å². The van der Waals surface area contributed by atoms with Gasteiger partial charge in [-0.2, -0.15) is 0 Å². The fraction of sp³-hybridized carbons (Fsp3) is 0.233. The van der Waals surface area contributed by atoms with E-state index in [1.54, 1.807) is 25.1 Å². The molecule has 5 rings (SSSR count). The fourth-order valence-electron chi connectivity index (χ4n) is 4.74. The van der Waals surface area contributed by atoms with E-state index in [9.17, 15) is 32.9 Å². The highest BCUT2D eigenvalue weighted by Crippen LogP contribution is 2.36. The van der Waals surface area contributed by atoms with E-state index >= 15 is 0 Å². The third-order valence-corrected chi connectivity index (χ3v) is 11.7. The molecule has 0 saturated heterocycles. The number of nitro benzene ring substituents is 1. The molecule has 4 aromatic rings. The summed E-state index contributed by atoms with van der Waals surface area (Å²) >= 11 is 9.93. The van der Waals surface area contributed by atoms with E-state index in [1.807, 2.05) is 12.1 Å². The van der Waals surface area contributed by atoms with Crippen LogP contribution in [0, 0.1) is 10.1 Å². The van der Waals surface area contributed by atoms with Crippen molar-refractivity contribution in [2.75, 3.05) is 23.9 Å². The number of primary sulfonamides is 1. The number of anilines is 2. The number of hydrogen-bond donors (Lipinski definition) is 2. The number of methoxy groups -OCH3 is 1. The molecule has 0 spiro atoms. The number of benzene rings is 3.